The Kier molecular flexibility index (Phi) is 7.97. The number of hydrogen-bond donors (Lipinski definition) is 2. The lowest BCUT2D eigenvalue weighted by molar-refractivity contribution is -0.124. The molecule has 2 N–H and O–H groups in total. The number of benzene rings is 1. The van der Waals surface area contributed by atoms with Gasteiger partial charge in [0, 0.05) is 35.9 Å². The molecule has 14 heteroatoms. The van der Waals surface area contributed by atoms with Gasteiger partial charge in [-0.1, -0.05) is 11.6 Å². The van der Waals surface area contributed by atoms with E-state index >= 15 is 8.78 Å². The highest BCUT2D eigenvalue weighted by atomic mass is 35.5. The predicted molar refractivity (Wildman–Crippen MR) is 201 cm³/mol. The van der Waals surface area contributed by atoms with Gasteiger partial charge in [0.15, 0.2) is 17.5 Å². The largest absolute Gasteiger partial charge is 0.344 e. The second-order valence-corrected chi connectivity index (χ2v) is 17.7. The number of pyridine rings is 2. The molecule has 4 aromatic rings. The van der Waals surface area contributed by atoms with Gasteiger partial charge in [0.25, 0.3) is 5.91 Å². The van der Waals surface area contributed by atoms with Crippen LogP contribution in [-0.2, 0) is 10.2 Å². The van der Waals surface area contributed by atoms with Crippen molar-refractivity contribution >= 4 is 51.6 Å². The minimum Gasteiger partial charge on any atom is -0.344 e. The van der Waals surface area contributed by atoms with Crippen molar-refractivity contribution in [2.45, 2.75) is 102 Å². The van der Waals surface area contributed by atoms with Crippen molar-refractivity contribution < 1.29 is 22.8 Å². The number of carbonyl (C=O) groups excluding carboxylic acids is 2. The van der Waals surface area contributed by atoms with Crippen LogP contribution in [-0.4, -0.2) is 73.1 Å². The third-order valence-electron chi connectivity index (χ3n) is 12.8. The number of alkyl halides is 1. The summed E-state index contributed by atoms with van der Waals surface area (Å²) < 4.78 is 46.4. The van der Waals surface area contributed by atoms with Gasteiger partial charge in [0.05, 0.1) is 56.1 Å². The van der Waals surface area contributed by atoms with E-state index in [0.29, 0.717) is 40.8 Å². The van der Waals surface area contributed by atoms with Gasteiger partial charge in [0.1, 0.15) is 12.2 Å². The zero-order valence-electron chi connectivity index (χ0n) is 31.1. The van der Waals surface area contributed by atoms with E-state index in [9.17, 15) is 14.0 Å². The number of nitrogens with zero attached hydrogens (tertiary/aromatic N) is 6. The fourth-order valence-electron chi connectivity index (χ4n) is 9.03. The number of amides is 2. The lowest BCUT2D eigenvalue weighted by atomic mass is 9.71. The molecule has 2 aliphatic heterocycles. The first-order valence-electron chi connectivity index (χ1n) is 18.9. The van der Waals surface area contributed by atoms with Crippen molar-refractivity contribution in [1.29, 1.82) is 0 Å². The zero-order chi connectivity index (χ0) is 38.1. The summed E-state index contributed by atoms with van der Waals surface area (Å²) in [7, 11) is 0. The number of halogens is 4. The molecule has 3 aliphatic carbocycles. The number of hydrogen-bond acceptors (Lipinski definition) is 7. The molecule has 5 heterocycles. The van der Waals surface area contributed by atoms with Gasteiger partial charge < -0.3 is 20.1 Å². The van der Waals surface area contributed by atoms with Crippen molar-refractivity contribution in [2.24, 2.45) is 11.8 Å². The summed E-state index contributed by atoms with van der Waals surface area (Å²) in [6.07, 6.45) is 8.60. The average Bonchev–Trinajstić information content (AvgIpc) is 4.04. The standard InChI is InChI=1S/C40H44ClF3N8O2/c1-20(2)51-19-46-28-13-26(47-35(33(28)51)48-27-12-25(30(41)32(44)31(27)43)36(53)49-40(18-42)7-8-40)22-11-29-34(45-16-22)38(3,4)37(54)52(29)24-14-39(5,15-24)50-9-6-21-10-23(21)17-50/h11-13,16,19-21,23-24H,6-10,14-15,17-18H2,1-5H3,(H,47,48)(H,49,53)/t21?,23-,24?,39?/m0/s1. The highest BCUT2D eigenvalue weighted by Crippen LogP contribution is 2.53. The molecule has 3 saturated carbocycles. The third-order valence-corrected chi connectivity index (χ3v) is 13.2. The first-order chi connectivity index (χ1) is 25.6. The Hall–Kier alpha value is -4.23. The molecule has 0 spiro atoms. The van der Waals surface area contributed by atoms with E-state index in [4.69, 9.17) is 21.6 Å². The predicted octanol–water partition coefficient (Wildman–Crippen LogP) is 7.87. The Balaban J connectivity index is 1.08. The van der Waals surface area contributed by atoms with Crippen LogP contribution in [0.4, 0.5) is 30.4 Å². The van der Waals surface area contributed by atoms with E-state index in [0.717, 1.165) is 49.5 Å². The van der Waals surface area contributed by atoms with E-state index in [2.05, 4.69) is 27.4 Å². The van der Waals surface area contributed by atoms with Gasteiger partial charge in [-0.05, 0) is 110 Å². The van der Waals surface area contributed by atoms with Crippen LogP contribution in [0.15, 0.2) is 30.7 Å². The van der Waals surface area contributed by atoms with E-state index in [1.165, 1.54) is 12.8 Å². The van der Waals surface area contributed by atoms with Crippen molar-refractivity contribution in [3.8, 4) is 11.3 Å². The van der Waals surface area contributed by atoms with Gasteiger partial charge in [-0.3, -0.25) is 19.5 Å². The number of likely N-dealkylation sites (tertiary alicyclic amines) is 1. The maximum Gasteiger partial charge on any atom is 0.253 e. The molecule has 1 saturated heterocycles. The van der Waals surface area contributed by atoms with Crippen LogP contribution >= 0.6 is 11.6 Å². The minimum absolute atomic E-state index is 0.0238. The summed E-state index contributed by atoms with van der Waals surface area (Å²) in [5, 5.41) is 4.82. The Bertz CT molecular complexity index is 2250. The number of nitrogens with one attached hydrogen (secondary N) is 2. The fourth-order valence-corrected chi connectivity index (χ4v) is 9.25. The summed E-state index contributed by atoms with van der Waals surface area (Å²) in [4.78, 5) is 46.2. The molecule has 2 amide bonds. The first kappa shape index (κ1) is 35.5. The van der Waals surface area contributed by atoms with Crippen LogP contribution in [0.1, 0.15) is 95.2 Å². The van der Waals surface area contributed by atoms with E-state index < -0.39 is 40.2 Å². The average molecular weight is 761 g/mol. The van der Waals surface area contributed by atoms with E-state index in [1.807, 2.05) is 43.2 Å². The number of rotatable bonds is 9. The molecule has 1 unspecified atom stereocenters. The molecule has 54 heavy (non-hydrogen) atoms. The van der Waals surface area contributed by atoms with Crippen molar-refractivity contribution in [3.63, 3.8) is 0 Å². The molecule has 2 atom stereocenters. The summed E-state index contributed by atoms with van der Waals surface area (Å²) >= 11 is 6.13. The molecule has 10 nitrogen and oxygen atoms in total. The summed E-state index contributed by atoms with van der Waals surface area (Å²) in [5.41, 5.74) is 1.11. The fraction of sp³-hybridized carbons (Fsp3) is 0.525. The van der Waals surface area contributed by atoms with E-state index in [-0.39, 0.29) is 40.6 Å². The van der Waals surface area contributed by atoms with E-state index in [1.54, 1.807) is 18.6 Å². The van der Waals surface area contributed by atoms with Gasteiger partial charge in [-0.2, -0.15) is 0 Å². The van der Waals surface area contributed by atoms with Crippen LogP contribution in [0.25, 0.3) is 22.3 Å². The van der Waals surface area contributed by atoms with Gasteiger partial charge in [0.2, 0.25) is 5.91 Å². The summed E-state index contributed by atoms with van der Waals surface area (Å²) in [5.74, 6) is -1.61. The summed E-state index contributed by atoms with van der Waals surface area (Å²) in [6, 6.07) is 4.84. The van der Waals surface area contributed by atoms with Crippen LogP contribution < -0.4 is 15.5 Å². The molecule has 0 radical (unpaired) electrons. The molecular formula is C40H44ClF3N8O2. The highest BCUT2D eigenvalue weighted by Gasteiger charge is 2.56. The molecule has 284 valence electrons. The Morgan fingerprint density at radius 1 is 1.07 bits per heavy atom. The number of piperidine rings is 1. The molecule has 3 aromatic heterocycles. The molecule has 0 bridgehead atoms. The van der Waals surface area contributed by atoms with Gasteiger partial charge >= 0.3 is 0 Å². The lowest BCUT2D eigenvalue weighted by Gasteiger charge is -2.55. The van der Waals surface area contributed by atoms with Crippen LogP contribution in [0.3, 0.4) is 0 Å². The second-order valence-electron chi connectivity index (χ2n) is 17.3. The van der Waals surface area contributed by atoms with Crippen molar-refractivity contribution in [2.75, 3.05) is 30.0 Å². The van der Waals surface area contributed by atoms with Crippen molar-refractivity contribution in [1.82, 2.24) is 29.7 Å². The van der Waals surface area contributed by atoms with Crippen LogP contribution in [0.2, 0.25) is 5.02 Å². The first-order valence-corrected chi connectivity index (χ1v) is 19.3. The Morgan fingerprint density at radius 2 is 1.83 bits per heavy atom. The molecule has 1 aromatic carbocycles. The topological polar surface area (TPSA) is 108 Å². The van der Waals surface area contributed by atoms with Gasteiger partial charge in [-0.15, -0.1) is 0 Å². The van der Waals surface area contributed by atoms with Crippen molar-refractivity contribution in [3.05, 3.63) is 58.6 Å². The maximum absolute atomic E-state index is 15.6. The number of anilines is 3. The normalized spacial score (nSPS) is 26.4. The smallest absolute Gasteiger partial charge is 0.253 e. The van der Waals surface area contributed by atoms with Crippen LogP contribution in [0.5, 0.6) is 0 Å². The molecule has 4 fully saturated rings. The number of imidazole rings is 1. The molecular weight excluding hydrogens is 717 g/mol. The minimum atomic E-state index is -1.42. The van der Waals surface area contributed by atoms with Gasteiger partial charge in [-0.25, -0.2) is 23.1 Å². The lowest BCUT2D eigenvalue weighted by Crippen LogP contribution is -2.64. The quantitative estimate of drug-likeness (QED) is 0.167. The number of fused-ring (bicyclic) bond motifs is 3. The summed E-state index contributed by atoms with van der Waals surface area (Å²) in [6.45, 7) is 11.6. The Labute approximate surface area is 316 Å². The highest BCUT2D eigenvalue weighted by molar-refractivity contribution is 6.34. The second kappa shape index (κ2) is 12.1. The Morgan fingerprint density at radius 3 is 2.52 bits per heavy atom. The third kappa shape index (κ3) is 5.51. The SMILES string of the molecule is CC(C)n1cnc2cc(-c3cnc4c(c3)N(C3CC(C)(N5CCC6C[C@H]6C5)C3)C(=O)C4(C)C)nc(Nc3cc(C(=O)NC4(CF)CC4)c(Cl)c(F)c3F)c21. The molecule has 9 rings (SSSR count). The number of aromatic nitrogens is 4. The maximum atomic E-state index is 15.6. The zero-order valence-corrected chi connectivity index (χ0v) is 31.8. The number of carbonyl (C=O) groups is 2. The van der Waals surface area contributed by atoms with Crippen LogP contribution in [0, 0.1) is 23.5 Å². The monoisotopic (exact) mass is 760 g/mol. The molecule has 5 aliphatic rings.